The standard InChI is InChI=1S/C20H26ClNO5/c1-5-25-18(23)11-8-15-12-17(26-16-9-6-14(21)7-10-16)13-22(15)19(24)27-20(2,3)4/h6-11,15,17H,5,12-13H2,1-4H3/b11-8+/t15-,17-/m1/s1. The number of carbonyl (C=O) groups excluding carboxylic acids is 2. The average molecular weight is 396 g/mol. The van der Waals surface area contributed by atoms with Gasteiger partial charge in [0.2, 0.25) is 0 Å². The van der Waals surface area contributed by atoms with Gasteiger partial charge in [-0.15, -0.1) is 0 Å². The number of amides is 1. The number of hydrogen-bond acceptors (Lipinski definition) is 5. The second-order valence-corrected chi connectivity index (χ2v) is 7.68. The minimum atomic E-state index is -0.610. The van der Waals surface area contributed by atoms with E-state index in [0.717, 1.165) is 0 Å². The zero-order valence-corrected chi connectivity index (χ0v) is 16.9. The second-order valence-electron chi connectivity index (χ2n) is 7.24. The molecule has 1 heterocycles. The molecule has 27 heavy (non-hydrogen) atoms. The van der Waals surface area contributed by atoms with Crippen molar-refractivity contribution in [3.63, 3.8) is 0 Å². The summed E-state index contributed by atoms with van der Waals surface area (Å²) in [6, 6.07) is 6.73. The highest BCUT2D eigenvalue weighted by atomic mass is 35.5. The summed E-state index contributed by atoms with van der Waals surface area (Å²) in [7, 11) is 0. The van der Waals surface area contributed by atoms with E-state index >= 15 is 0 Å². The summed E-state index contributed by atoms with van der Waals surface area (Å²) in [5.41, 5.74) is -0.610. The molecule has 1 aromatic carbocycles. The average Bonchev–Trinajstić information content (AvgIpc) is 2.97. The third-order valence-electron chi connectivity index (χ3n) is 3.79. The first-order valence-corrected chi connectivity index (χ1v) is 9.32. The van der Waals surface area contributed by atoms with Crippen LogP contribution in [0.25, 0.3) is 0 Å². The minimum absolute atomic E-state index is 0.226. The molecule has 0 spiro atoms. The van der Waals surface area contributed by atoms with E-state index in [9.17, 15) is 9.59 Å². The van der Waals surface area contributed by atoms with Gasteiger partial charge in [-0.25, -0.2) is 9.59 Å². The van der Waals surface area contributed by atoms with Crippen molar-refractivity contribution in [1.82, 2.24) is 4.90 Å². The van der Waals surface area contributed by atoms with Gasteiger partial charge in [0, 0.05) is 17.5 Å². The zero-order valence-electron chi connectivity index (χ0n) is 16.1. The van der Waals surface area contributed by atoms with Gasteiger partial charge in [0.15, 0.2) is 0 Å². The maximum Gasteiger partial charge on any atom is 0.410 e. The number of nitrogens with zero attached hydrogens (tertiary/aromatic N) is 1. The lowest BCUT2D eigenvalue weighted by molar-refractivity contribution is -0.137. The molecule has 0 saturated carbocycles. The Kier molecular flexibility index (Phi) is 7.13. The van der Waals surface area contributed by atoms with Crippen LogP contribution in [0.2, 0.25) is 5.02 Å². The van der Waals surface area contributed by atoms with Crippen LogP contribution in [-0.2, 0) is 14.3 Å². The van der Waals surface area contributed by atoms with Crippen LogP contribution in [0.4, 0.5) is 4.79 Å². The van der Waals surface area contributed by atoms with Crippen molar-refractivity contribution in [3.8, 4) is 5.75 Å². The number of carbonyl (C=O) groups is 2. The molecule has 1 saturated heterocycles. The molecule has 0 N–H and O–H groups in total. The molecule has 2 rings (SSSR count). The Morgan fingerprint density at radius 2 is 1.93 bits per heavy atom. The van der Waals surface area contributed by atoms with Crippen LogP contribution in [0.3, 0.4) is 0 Å². The molecule has 7 heteroatoms. The Hall–Kier alpha value is -2.21. The number of hydrogen-bond donors (Lipinski definition) is 0. The predicted octanol–water partition coefficient (Wildman–Crippen LogP) is 4.22. The third-order valence-corrected chi connectivity index (χ3v) is 4.04. The fourth-order valence-electron chi connectivity index (χ4n) is 2.71. The summed E-state index contributed by atoms with van der Waals surface area (Å²) in [5.74, 6) is 0.229. The van der Waals surface area contributed by atoms with Crippen LogP contribution in [0.15, 0.2) is 36.4 Å². The number of esters is 1. The van der Waals surface area contributed by atoms with E-state index in [4.69, 9.17) is 25.8 Å². The molecular weight excluding hydrogens is 370 g/mol. The monoisotopic (exact) mass is 395 g/mol. The molecule has 0 radical (unpaired) electrons. The van der Waals surface area contributed by atoms with Gasteiger partial charge < -0.3 is 14.2 Å². The molecule has 0 aliphatic carbocycles. The maximum absolute atomic E-state index is 12.6. The molecule has 2 atom stereocenters. The van der Waals surface area contributed by atoms with Crippen LogP contribution < -0.4 is 4.74 Å². The Labute approximate surface area is 165 Å². The van der Waals surface area contributed by atoms with Gasteiger partial charge in [-0.1, -0.05) is 17.7 Å². The summed E-state index contributed by atoms with van der Waals surface area (Å²) < 4.78 is 16.4. The summed E-state index contributed by atoms with van der Waals surface area (Å²) in [4.78, 5) is 25.8. The van der Waals surface area contributed by atoms with Crippen molar-refractivity contribution in [2.75, 3.05) is 13.2 Å². The summed E-state index contributed by atoms with van der Waals surface area (Å²) in [5, 5.41) is 0.624. The molecule has 6 nitrogen and oxygen atoms in total. The van der Waals surface area contributed by atoms with Gasteiger partial charge in [-0.2, -0.15) is 0 Å². The van der Waals surface area contributed by atoms with E-state index < -0.39 is 17.7 Å². The van der Waals surface area contributed by atoms with E-state index in [0.29, 0.717) is 30.3 Å². The minimum Gasteiger partial charge on any atom is -0.488 e. The van der Waals surface area contributed by atoms with Crippen molar-refractivity contribution in [1.29, 1.82) is 0 Å². The molecule has 1 aliphatic rings. The predicted molar refractivity (Wildman–Crippen MR) is 103 cm³/mol. The number of rotatable bonds is 5. The number of benzene rings is 1. The highest BCUT2D eigenvalue weighted by Gasteiger charge is 2.37. The van der Waals surface area contributed by atoms with Crippen molar-refractivity contribution in [3.05, 3.63) is 41.4 Å². The van der Waals surface area contributed by atoms with Gasteiger partial charge in [0.05, 0.1) is 19.2 Å². The van der Waals surface area contributed by atoms with Gasteiger partial charge in [0.1, 0.15) is 17.5 Å². The van der Waals surface area contributed by atoms with Gasteiger partial charge >= 0.3 is 12.1 Å². The summed E-state index contributed by atoms with van der Waals surface area (Å²) >= 11 is 5.90. The third kappa shape index (κ3) is 6.79. The zero-order chi connectivity index (χ0) is 20.0. The fraction of sp³-hybridized carbons (Fsp3) is 0.500. The fourth-order valence-corrected chi connectivity index (χ4v) is 2.84. The van der Waals surface area contributed by atoms with Gasteiger partial charge in [-0.05, 0) is 52.0 Å². The van der Waals surface area contributed by atoms with Crippen molar-refractivity contribution < 1.29 is 23.8 Å². The van der Waals surface area contributed by atoms with Crippen LogP contribution in [0.5, 0.6) is 5.75 Å². The van der Waals surface area contributed by atoms with E-state index in [1.165, 1.54) is 6.08 Å². The Morgan fingerprint density at radius 3 is 2.52 bits per heavy atom. The molecule has 148 valence electrons. The van der Waals surface area contributed by atoms with E-state index in [1.807, 2.05) is 20.8 Å². The maximum atomic E-state index is 12.6. The Balaban J connectivity index is 2.10. The van der Waals surface area contributed by atoms with Crippen LogP contribution in [0.1, 0.15) is 34.1 Å². The lowest BCUT2D eigenvalue weighted by atomic mass is 10.2. The second kappa shape index (κ2) is 9.13. The first-order chi connectivity index (χ1) is 12.7. The highest BCUT2D eigenvalue weighted by Crippen LogP contribution is 2.26. The molecule has 0 bridgehead atoms. The van der Waals surface area contributed by atoms with Crippen molar-refractivity contribution in [2.45, 2.75) is 51.9 Å². The van der Waals surface area contributed by atoms with Crippen molar-refractivity contribution >= 4 is 23.7 Å². The lowest BCUT2D eigenvalue weighted by Crippen LogP contribution is -2.39. The Morgan fingerprint density at radius 1 is 1.26 bits per heavy atom. The first-order valence-electron chi connectivity index (χ1n) is 8.94. The lowest BCUT2D eigenvalue weighted by Gasteiger charge is -2.27. The van der Waals surface area contributed by atoms with Gasteiger partial charge in [0.25, 0.3) is 0 Å². The SMILES string of the molecule is CCOC(=O)/C=C/[C@@H]1C[C@@H](Oc2ccc(Cl)cc2)CN1C(=O)OC(C)(C)C. The smallest absolute Gasteiger partial charge is 0.410 e. The number of ether oxygens (including phenoxy) is 3. The topological polar surface area (TPSA) is 65.1 Å². The first kappa shape index (κ1) is 21.1. The largest absolute Gasteiger partial charge is 0.488 e. The van der Waals surface area contributed by atoms with E-state index in [-0.39, 0.29) is 12.1 Å². The molecule has 0 aromatic heterocycles. The van der Waals surface area contributed by atoms with E-state index in [1.54, 1.807) is 42.2 Å². The normalized spacial score (nSPS) is 20.0. The van der Waals surface area contributed by atoms with E-state index in [2.05, 4.69) is 0 Å². The molecule has 1 aromatic rings. The number of likely N-dealkylation sites (tertiary alicyclic amines) is 1. The quantitative estimate of drug-likeness (QED) is 0.551. The summed E-state index contributed by atoms with van der Waals surface area (Å²) in [6.07, 6.45) is 2.87. The molecule has 1 amide bonds. The number of halogens is 1. The highest BCUT2D eigenvalue weighted by molar-refractivity contribution is 6.30. The summed E-state index contributed by atoms with van der Waals surface area (Å²) in [6.45, 7) is 7.83. The molecule has 0 unspecified atom stereocenters. The molecule has 1 aliphatic heterocycles. The van der Waals surface area contributed by atoms with Crippen LogP contribution in [-0.4, -0.2) is 47.9 Å². The molecular formula is C20H26ClNO5. The molecule has 1 fully saturated rings. The van der Waals surface area contributed by atoms with Crippen molar-refractivity contribution in [2.24, 2.45) is 0 Å². The Bertz CT molecular complexity index is 681. The van der Waals surface area contributed by atoms with Crippen LogP contribution >= 0.6 is 11.6 Å². The van der Waals surface area contributed by atoms with Gasteiger partial charge in [-0.3, -0.25) is 4.90 Å². The van der Waals surface area contributed by atoms with Crippen LogP contribution in [0, 0.1) is 0 Å².